The van der Waals surface area contributed by atoms with Gasteiger partial charge in [-0.1, -0.05) is 12.1 Å². The highest BCUT2D eigenvalue weighted by molar-refractivity contribution is 7.12. The molecular formula is C13H11NO4S. The summed E-state index contributed by atoms with van der Waals surface area (Å²) in [5, 5.41) is 12.6. The number of ketones is 1. The van der Waals surface area contributed by atoms with Crippen molar-refractivity contribution < 1.29 is 14.5 Å². The molecule has 0 saturated carbocycles. The number of hydrogen-bond acceptors (Lipinski definition) is 5. The Morgan fingerprint density at radius 2 is 2.21 bits per heavy atom. The highest BCUT2D eigenvalue weighted by atomic mass is 32.1. The van der Waals surface area contributed by atoms with Gasteiger partial charge in [0.1, 0.15) is 0 Å². The number of aryl methyl sites for hydroxylation is 1. The summed E-state index contributed by atoms with van der Waals surface area (Å²) in [6.07, 6.45) is 0. The van der Waals surface area contributed by atoms with E-state index in [9.17, 15) is 14.9 Å². The Morgan fingerprint density at radius 3 is 2.84 bits per heavy atom. The minimum atomic E-state index is -0.523. The average molecular weight is 277 g/mol. The molecule has 1 aromatic carbocycles. The van der Waals surface area contributed by atoms with Crippen LogP contribution >= 0.6 is 11.3 Å². The monoisotopic (exact) mass is 277 g/mol. The first-order valence-electron chi connectivity index (χ1n) is 5.52. The summed E-state index contributed by atoms with van der Waals surface area (Å²) >= 11 is 1.32. The van der Waals surface area contributed by atoms with Gasteiger partial charge in [0, 0.05) is 6.07 Å². The molecule has 0 fully saturated rings. The van der Waals surface area contributed by atoms with E-state index in [4.69, 9.17) is 4.74 Å². The molecule has 0 unspecified atom stereocenters. The van der Waals surface area contributed by atoms with Crippen molar-refractivity contribution in [3.8, 4) is 5.75 Å². The SMILES string of the molecule is Cc1ccc([N+](=O)[O-])c(OCC(=O)c2cccs2)c1. The number of ether oxygens (including phenoxy) is 1. The van der Waals surface area contributed by atoms with E-state index in [0.717, 1.165) is 5.56 Å². The fourth-order valence-electron chi connectivity index (χ4n) is 1.54. The van der Waals surface area contributed by atoms with Crippen LogP contribution in [0.2, 0.25) is 0 Å². The summed E-state index contributed by atoms with van der Waals surface area (Å²) in [6.45, 7) is 1.60. The summed E-state index contributed by atoms with van der Waals surface area (Å²) in [6, 6.07) is 8.03. The Hall–Kier alpha value is -2.21. The third-order valence-corrected chi connectivity index (χ3v) is 3.38. The lowest BCUT2D eigenvalue weighted by molar-refractivity contribution is -0.385. The molecule has 1 heterocycles. The molecule has 0 spiro atoms. The minimum Gasteiger partial charge on any atom is -0.478 e. The summed E-state index contributed by atoms with van der Waals surface area (Å²) in [5.74, 6) is -0.0688. The molecule has 0 aliphatic carbocycles. The molecular weight excluding hydrogens is 266 g/mol. The molecule has 0 atom stereocenters. The second-order valence-corrected chi connectivity index (χ2v) is 4.87. The van der Waals surface area contributed by atoms with Crippen molar-refractivity contribution >= 4 is 22.8 Å². The summed E-state index contributed by atoms with van der Waals surface area (Å²) in [4.78, 5) is 22.7. The van der Waals surface area contributed by atoms with Gasteiger partial charge in [-0.15, -0.1) is 11.3 Å². The van der Waals surface area contributed by atoms with Crippen LogP contribution in [0.3, 0.4) is 0 Å². The van der Waals surface area contributed by atoms with Crippen LogP contribution in [-0.4, -0.2) is 17.3 Å². The lowest BCUT2D eigenvalue weighted by atomic mass is 10.2. The molecule has 0 radical (unpaired) electrons. The first-order chi connectivity index (χ1) is 9.08. The molecule has 0 amide bonds. The fraction of sp³-hybridized carbons (Fsp3) is 0.154. The van der Waals surface area contributed by atoms with E-state index in [0.29, 0.717) is 4.88 Å². The van der Waals surface area contributed by atoms with Crippen LogP contribution in [-0.2, 0) is 0 Å². The van der Waals surface area contributed by atoms with Crippen molar-refractivity contribution in [2.24, 2.45) is 0 Å². The quantitative estimate of drug-likeness (QED) is 0.478. The molecule has 6 heteroatoms. The van der Waals surface area contributed by atoms with Gasteiger partial charge in [0.05, 0.1) is 9.80 Å². The van der Waals surface area contributed by atoms with Crippen molar-refractivity contribution in [3.05, 3.63) is 56.3 Å². The molecule has 98 valence electrons. The average Bonchev–Trinajstić information content (AvgIpc) is 2.89. The lowest BCUT2D eigenvalue weighted by Crippen LogP contribution is -2.11. The molecule has 19 heavy (non-hydrogen) atoms. The molecule has 2 aromatic rings. The maximum atomic E-state index is 11.8. The molecule has 0 aliphatic rings. The van der Waals surface area contributed by atoms with E-state index in [1.54, 1.807) is 36.6 Å². The summed E-state index contributed by atoms with van der Waals surface area (Å²) in [5.41, 5.74) is 0.703. The lowest BCUT2D eigenvalue weighted by Gasteiger charge is -2.06. The number of nitrogens with zero attached hydrogens (tertiary/aromatic N) is 1. The zero-order chi connectivity index (χ0) is 13.8. The van der Waals surface area contributed by atoms with Crippen molar-refractivity contribution in [3.63, 3.8) is 0 Å². The van der Waals surface area contributed by atoms with E-state index in [1.165, 1.54) is 17.4 Å². The maximum absolute atomic E-state index is 11.8. The fourth-order valence-corrected chi connectivity index (χ4v) is 2.19. The number of nitro groups is 1. The van der Waals surface area contributed by atoms with Gasteiger partial charge in [-0.05, 0) is 30.0 Å². The van der Waals surface area contributed by atoms with Crippen molar-refractivity contribution in [1.29, 1.82) is 0 Å². The van der Waals surface area contributed by atoms with Gasteiger partial charge in [-0.3, -0.25) is 14.9 Å². The minimum absolute atomic E-state index is 0.120. The van der Waals surface area contributed by atoms with Gasteiger partial charge in [-0.2, -0.15) is 0 Å². The number of thiophene rings is 1. The Bertz CT molecular complexity index is 607. The standard InChI is InChI=1S/C13H11NO4S/c1-9-4-5-10(14(16)17)12(7-9)18-8-11(15)13-3-2-6-19-13/h2-7H,8H2,1H3. The zero-order valence-corrected chi connectivity index (χ0v) is 11.0. The maximum Gasteiger partial charge on any atom is 0.310 e. The number of carbonyl (C=O) groups is 1. The highest BCUT2D eigenvalue weighted by Gasteiger charge is 2.16. The van der Waals surface area contributed by atoms with Gasteiger partial charge in [-0.25, -0.2) is 0 Å². The van der Waals surface area contributed by atoms with Gasteiger partial charge < -0.3 is 4.74 Å². The molecule has 0 saturated heterocycles. The number of nitro benzene ring substituents is 1. The summed E-state index contributed by atoms with van der Waals surface area (Å²) < 4.78 is 5.28. The first-order valence-corrected chi connectivity index (χ1v) is 6.40. The number of carbonyl (C=O) groups excluding carboxylic acids is 1. The number of benzene rings is 1. The third kappa shape index (κ3) is 3.17. The van der Waals surface area contributed by atoms with Crippen LogP contribution in [0, 0.1) is 17.0 Å². The Kier molecular flexibility index (Phi) is 3.91. The highest BCUT2D eigenvalue weighted by Crippen LogP contribution is 2.27. The van der Waals surface area contributed by atoms with Gasteiger partial charge in [0.15, 0.2) is 12.4 Å². The zero-order valence-electron chi connectivity index (χ0n) is 10.2. The van der Waals surface area contributed by atoms with E-state index >= 15 is 0 Å². The normalized spacial score (nSPS) is 10.2. The second kappa shape index (κ2) is 5.62. The number of rotatable bonds is 5. The summed E-state index contributed by atoms with van der Waals surface area (Å²) in [7, 11) is 0. The van der Waals surface area contributed by atoms with Crippen LogP contribution in [0.4, 0.5) is 5.69 Å². The molecule has 0 bridgehead atoms. The third-order valence-electron chi connectivity index (χ3n) is 2.47. The largest absolute Gasteiger partial charge is 0.478 e. The Labute approximate surface area is 113 Å². The van der Waals surface area contributed by atoms with E-state index in [-0.39, 0.29) is 23.8 Å². The van der Waals surface area contributed by atoms with E-state index < -0.39 is 4.92 Å². The Balaban J connectivity index is 2.13. The van der Waals surface area contributed by atoms with Crippen LogP contribution in [0.25, 0.3) is 0 Å². The van der Waals surface area contributed by atoms with Crippen molar-refractivity contribution in [2.75, 3.05) is 6.61 Å². The van der Waals surface area contributed by atoms with Crippen LogP contribution in [0.5, 0.6) is 5.75 Å². The van der Waals surface area contributed by atoms with Gasteiger partial charge in [0.2, 0.25) is 5.78 Å². The Morgan fingerprint density at radius 1 is 1.42 bits per heavy atom. The van der Waals surface area contributed by atoms with Crippen LogP contribution in [0.15, 0.2) is 35.7 Å². The number of Topliss-reactive ketones (excluding diaryl/α,β-unsaturated/α-hetero) is 1. The molecule has 2 rings (SSSR count). The van der Waals surface area contributed by atoms with Gasteiger partial charge in [0.25, 0.3) is 0 Å². The van der Waals surface area contributed by atoms with Gasteiger partial charge >= 0.3 is 5.69 Å². The van der Waals surface area contributed by atoms with E-state index in [2.05, 4.69) is 0 Å². The molecule has 1 aromatic heterocycles. The predicted molar refractivity (Wildman–Crippen MR) is 72.0 cm³/mol. The van der Waals surface area contributed by atoms with Crippen LogP contribution < -0.4 is 4.74 Å². The van der Waals surface area contributed by atoms with Crippen LogP contribution in [0.1, 0.15) is 15.2 Å². The molecule has 0 aliphatic heterocycles. The van der Waals surface area contributed by atoms with Crippen molar-refractivity contribution in [1.82, 2.24) is 0 Å². The molecule has 5 nitrogen and oxygen atoms in total. The van der Waals surface area contributed by atoms with E-state index in [1.807, 2.05) is 0 Å². The second-order valence-electron chi connectivity index (χ2n) is 3.92. The number of hydrogen-bond donors (Lipinski definition) is 0. The molecule has 0 N–H and O–H groups in total. The van der Waals surface area contributed by atoms with Crippen molar-refractivity contribution in [2.45, 2.75) is 6.92 Å². The predicted octanol–water partition coefficient (Wildman–Crippen LogP) is 3.23. The first kappa shape index (κ1) is 13.2. The smallest absolute Gasteiger partial charge is 0.310 e. The topological polar surface area (TPSA) is 69.4 Å².